The number of nitrogens with zero attached hydrogens (tertiary/aromatic N) is 1. The van der Waals surface area contributed by atoms with Crippen LogP contribution in [0.2, 0.25) is 0 Å². The number of fused-ring (bicyclic) bond motifs is 1. The first-order valence-corrected chi connectivity index (χ1v) is 7.41. The van der Waals surface area contributed by atoms with E-state index in [1.807, 2.05) is 0 Å². The SMILES string of the molecule is CCN(CCOCCS)c1cccc2ccccc12. The Kier molecular flexibility index (Phi) is 5.55. The Labute approximate surface area is 120 Å². The monoisotopic (exact) mass is 275 g/mol. The Morgan fingerprint density at radius 2 is 1.84 bits per heavy atom. The van der Waals surface area contributed by atoms with Gasteiger partial charge >= 0.3 is 0 Å². The molecule has 0 saturated heterocycles. The molecular weight excluding hydrogens is 254 g/mol. The van der Waals surface area contributed by atoms with E-state index in [0.717, 1.165) is 32.1 Å². The van der Waals surface area contributed by atoms with Gasteiger partial charge in [0.15, 0.2) is 0 Å². The molecule has 0 aliphatic rings. The van der Waals surface area contributed by atoms with Crippen LogP contribution in [0.5, 0.6) is 0 Å². The number of thiol groups is 1. The summed E-state index contributed by atoms with van der Waals surface area (Å²) in [6.45, 7) is 5.55. The van der Waals surface area contributed by atoms with Crippen molar-refractivity contribution in [1.82, 2.24) is 0 Å². The fraction of sp³-hybridized carbons (Fsp3) is 0.375. The van der Waals surface area contributed by atoms with E-state index in [1.165, 1.54) is 16.5 Å². The Morgan fingerprint density at radius 3 is 2.63 bits per heavy atom. The molecule has 0 radical (unpaired) electrons. The summed E-state index contributed by atoms with van der Waals surface area (Å²) in [6.07, 6.45) is 0. The Balaban J connectivity index is 2.16. The topological polar surface area (TPSA) is 12.5 Å². The first-order valence-electron chi connectivity index (χ1n) is 6.78. The predicted molar refractivity (Wildman–Crippen MR) is 86.5 cm³/mol. The number of likely N-dealkylation sites (N-methyl/N-ethyl adjacent to an activating group) is 1. The highest BCUT2D eigenvalue weighted by molar-refractivity contribution is 7.80. The van der Waals surface area contributed by atoms with Gasteiger partial charge in [0.2, 0.25) is 0 Å². The van der Waals surface area contributed by atoms with Gasteiger partial charge in [0.25, 0.3) is 0 Å². The van der Waals surface area contributed by atoms with Crippen LogP contribution in [0.1, 0.15) is 6.92 Å². The van der Waals surface area contributed by atoms with Crippen molar-refractivity contribution in [1.29, 1.82) is 0 Å². The van der Waals surface area contributed by atoms with Crippen LogP contribution in [0.4, 0.5) is 5.69 Å². The number of rotatable bonds is 7. The molecule has 0 aliphatic heterocycles. The molecule has 3 heteroatoms. The third-order valence-electron chi connectivity index (χ3n) is 3.23. The summed E-state index contributed by atoms with van der Waals surface area (Å²) >= 11 is 4.15. The second kappa shape index (κ2) is 7.41. The predicted octanol–water partition coefficient (Wildman–Crippen LogP) is 3.61. The van der Waals surface area contributed by atoms with Gasteiger partial charge in [-0.25, -0.2) is 0 Å². The van der Waals surface area contributed by atoms with E-state index in [4.69, 9.17) is 4.74 Å². The molecule has 0 heterocycles. The third kappa shape index (κ3) is 3.64. The summed E-state index contributed by atoms with van der Waals surface area (Å²) < 4.78 is 5.53. The van der Waals surface area contributed by atoms with Crippen LogP contribution in [0.3, 0.4) is 0 Å². The quantitative estimate of drug-likeness (QED) is 0.612. The van der Waals surface area contributed by atoms with Gasteiger partial charge in [-0.2, -0.15) is 12.6 Å². The summed E-state index contributed by atoms with van der Waals surface area (Å²) in [7, 11) is 0. The Hall–Kier alpha value is -1.19. The molecule has 0 bridgehead atoms. The van der Waals surface area contributed by atoms with Crippen LogP contribution in [0.15, 0.2) is 42.5 Å². The molecule has 0 amide bonds. The van der Waals surface area contributed by atoms with Crippen LogP contribution >= 0.6 is 12.6 Å². The third-order valence-corrected chi connectivity index (χ3v) is 3.41. The summed E-state index contributed by atoms with van der Waals surface area (Å²) in [5, 5.41) is 2.59. The van der Waals surface area contributed by atoms with Crippen LogP contribution in [0, 0.1) is 0 Å². The summed E-state index contributed by atoms with van der Waals surface area (Å²) in [6, 6.07) is 15.0. The van der Waals surface area contributed by atoms with Crippen LogP contribution in [-0.4, -0.2) is 32.1 Å². The average molecular weight is 275 g/mol. The van der Waals surface area contributed by atoms with Crippen molar-refractivity contribution in [3.63, 3.8) is 0 Å². The molecule has 2 rings (SSSR count). The van der Waals surface area contributed by atoms with Crippen molar-refractivity contribution in [3.05, 3.63) is 42.5 Å². The minimum Gasteiger partial charge on any atom is -0.379 e. The number of benzene rings is 2. The lowest BCUT2D eigenvalue weighted by Gasteiger charge is -2.24. The zero-order chi connectivity index (χ0) is 13.5. The molecule has 0 saturated carbocycles. The van der Waals surface area contributed by atoms with E-state index in [0.29, 0.717) is 0 Å². The zero-order valence-corrected chi connectivity index (χ0v) is 12.3. The van der Waals surface area contributed by atoms with Crippen LogP contribution < -0.4 is 4.90 Å². The molecule has 0 fully saturated rings. The molecule has 0 spiro atoms. The van der Waals surface area contributed by atoms with Crippen LogP contribution in [0.25, 0.3) is 10.8 Å². The van der Waals surface area contributed by atoms with Crippen molar-refractivity contribution in [2.24, 2.45) is 0 Å². The zero-order valence-electron chi connectivity index (χ0n) is 11.4. The van der Waals surface area contributed by atoms with Crippen LogP contribution in [-0.2, 0) is 4.74 Å². The lowest BCUT2D eigenvalue weighted by Crippen LogP contribution is -2.27. The van der Waals surface area contributed by atoms with Gasteiger partial charge in [-0.3, -0.25) is 0 Å². The maximum Gasteiger partial charge on any atom is 0.0642 e. The van der Waals surface area contributed by atoms with E-state index in [9.17, 15) is 0 Å². The lowest BCUT2D eigenvalue weighted by atomic mass is 10.1. The number of hydrogen-bond acceptors (Lipinski definition) is 3. The molecule has 102 valence electrons. The van der Waals surface area contributed by atoms with Crippen molar-refractivity contribution in [2.75, 3.05) is 37.0 Å². The van der Waals surface area contributed by atoms with Crippen molar-refractivity contribution in [2.45, 2.75) is 6.92 Å². The number of hydrogen-bond donors (Lipinski definition) is 1. The summed E-state index contributed by atoms with van der Waals surface area (Å²) in [5.74, 6) is 0.778. The van der Waals surface area contributed by atoms with E-state index < -0.39 is 0 Å². The largest absolute Gasteiger partial charge is 0.379 e. The van der Waals surface area contributed by atoms with Gasteiger partial charge in [-0.15, -0.1) is 0 Å². The van der Waals surface area contributed by atoms with Gasteiger partial charge in [0.05, 0.1) is 13.2 Å². The summed E-state index contributed by atoms with van der Waals surface area (Å²) in [5.41, 5.74) is 1.29. The first-order chi connectivity index (χ1) is 9.36. The van der Waals surface area contributed by atoms with E-state index >= 15 is 0 Å². The minimum absolute atomic E-state index is 0.718. The normalized spacial score (nSPS) is 10.8. The first kappa shape index (κ1) is 14.2. The van der Waals surface area contributed by atoms with Crippen molar-refractivity contribution < 1.29 is 4.74 Å². The molecule has 2 aromatic carbocycles. The summed E-state index contributed by atoms with van der Waals surface area (Å²) in [4.78, 5) is 2.36. The number of anilines is 1. The molecule has 0 N–H and O–H groups in total. The smallest absolute Gasteiger partial charge is 0.0642 e. The van der Waals surface area contributed by atoms with Crippen molar-refractivity contribution in [3.8, 4) is 0 Å². The highest BCUT2D eigenvalue weighted by atomic mass is 32.1. The Morgan fingerprint density at radius 1 is 1.05 bits per heavy atom. The maximum atomic E-state index is 5.53. The van der Waals surface area contributed by atoms with E-state index in [2.05, 4.69) is 66.9 Å². The molecule has 2 aromatic rings. The number of ether oxygens (including phenoxy) is 1. The van der Waals surface area contributed by atoms with Gasteiger partial charge in [0.1, 0.15) is 0 Å². The molecular formula is C16H21NOS. The fourth-order valence-corrected chi connectivity index (χ4v) is 2.40. The molecule has 19 heavy (non-hydrogen) atoms. The van der Waals surface area contributed by atoms with Gasteiger partial charge in [-0.05, 0) is 18.4 Å². The van der Waals surface area contributed by atoms with Gasteiger partial charge in [0, 0.05) is 29.9 Å². The van der Waals surface area contributed by atoms with Gasteiger partial charge < -0.3 is 9.64 Å². The molecule has 0 aromatic heterocycles. The van der Waals surface area contributed by atoms with Gasteiger partial charge in [-0.1, -0.05) is 36.4 Å². The molecule has 0 aliphatic carbocycles. The minimum atomic E-state index is 0.718. The Bertz CT molecular complexity index is 510. The fourth-order valence-electron chi connectivity index (χ4n) is 2.27. The highest BCUT2D eigenvalue weighted by Gasteiger charge is 2.07. The average Bonchev–Trinajstić information content (AvgIpc) is 2.47. The highest BCUT2D eigenvalue weighted by Crippen LogP contribution is 2.26. The standard InChI is InChI=1S/C16H21NOS/c1-2-17(10-11-18-12-13-19)16-9-5-7-14-6-3-4-8-15(14)16/h3-9,19H,2,10-13H2,1H3. The van der Waals surface area contributed by atoms with Crippen molar-refractivity contribution >= 4 is 29.1 Å². The molecule has 2 nitrogen and oxygen atoms in total. The molecule has 0 atom stereocenters. The molecule has 0 unspecified atom stereocenters. The van der Waals surface area contributed by atoms with E-state index in [1.54, 1.807) is 0 Å². The lowest BCUT2D eigenvalue weighted by molar-refractivity contribution is 0.156. The second-order valence-corrected chi connectivity index (χ2v) is 4.86. The second-order valence-electron chi connectivity index (χ2n) is 4.41. The van der Waals surface area contributed by atoms with E-state index in [-0.39, 0.29) is 0 Å². The maximum absolute atomic E-state index is 5.53.